The Morgan fingerprint density at radius 2 is 1.88 bits per heavy atom. The summed E-state index contributed by atoms with van der Waals surface area (Å²) in [6.45, 7) is 4.18. The van der Waals surface area contributed by atoms with Gasteiger partial charge in [-0.2, -0.15) is 0 Å². The summed E-state index contributed by atoms with van der Waals surface area (Å²) in [5.74, 6) is 0.461. The summed E-state index contributed by atoms with van der Waals surface area (Å²) in [7, 11) is -1.70. The molecule has 0 aliphatic carbocycles. The van der Waals surface area contributed by atoms with E-state index in [0.29, 0.717) is 24.4 Å². The lowest BCUT2D eigenvalue weighted by Gasteiger charge is -2.16. The van der Waals surface area contributed by atoms with Crippen molar-refractivity contribution in [2.24, 2.45) is 0 Å². The van der Waals surface area contributed by atoms with Crippen molar-refractivity contribution in [2.45, 2.75) is 13.8 Å². The van der Waals surface area contributed by atoms with Crippen LogP contribution in [-0.4, -0.2) is 25.3 Å². The SMILES string of the molecule is CCOP(=O)(OCC)c1ccc(OC)nc1. The van der Waals surface area contributed by atoms with Gasteiger partial charge >= 0.3 is 7.60 Å². The molecule has 0 amide bonds. The largest absolute Gasteiger partial charge is 0.481 e. The van der Waals surface area contributed by atoms with Crippen molar-refractivity contribution in [3.05, 3.63) is 18.3 Å². The first-order valence-corrected chi connectivity index (χ1v) is 6.60. The van der Waals surface area contributed by atoms with Gasteiger partial charge in [0.2, 0.25) is 5.88 Å². The highest BCUT2D eigenvalue weighted by molar-refractivity contribution is 7.62. The molecule has 5 nitrogen and oxygen atoms in total. The predicted octanol–water partition coefficient (Wildman–Crippen LogP) is 1.98. The third-order valence-electron chi connectivity index (χ3n) is 1.84. The molecule has 1 aromatic heterocycles. The number of aromatic nitrogens is 1. The topological polar surface area (TPSA) is 57.7 Å². The molecule has 0 aliphatic heterocycles. The first kappa shape index (κ1) is 13.2. The third kappa shape index (κ3) is 3.04. The highest BCUT2D eigenvalue weighted by Gasteiger charge is 2.26. The van der Waals surface area contributed by atoms with E-state index in [-0.39, 0.29) is 0 Å². The van der Waals surface area contributed by atoms with Crippen molar-refractivity contribution in [3.8, 4) is 5.88 Å². The maximum Gasteiger partial charge on any atom is 0.362 e. The van der Waals surface area contributed by atoms with Crippen LogP contribution in [0.5, 0.6) is 5.88 Å². The van der Waals surface area contributed by atoms with Crippen molar-refractivity contribution in [1.29, 1.82) is 0 Å². The molecule has 0 saturated carbocycles. The number of hydrogen-bond donors (Lipinski definition) is 0. The zero-order valence-corrected chi connectivity index (χ0v) is 10.6. The van der Waals surface area contributed by atoms with Crippen LogP contribution in [-0.2, 0) is 13.6 Å². The summed E-state index contributed by atoms with van der Waals surface area (Å²) < 4.78 is 27.6. The summed E-state index contributed by atoms with van der Waals surface area (Å²) in [5.41, 5.74) is 0. The normalized spacial score (nSPS) is 11.4. The Bertz CT molecular complexity index is 356. The van der Waals surface area contributed by atoms with Gasteiger partial charge in [0.25, 0.3) is 0 Å². The Kier molecular flexibility index (Phi) is 4.93. The van der Waals surface area contributed by atoms with E-state index in [1.54, 1.807) is 26.0 Å². The molecule has 1 rings (SSSR count). The fraction of sp³-hybridized carbons (Fsp3) is 0.500. The van der Waals surface area contributed by atoms with Crippen LogP contribution >= 0.6 is 7.60 Å². The van der Waals surface area contributed by atoms with Crippen LogP contribution in [0.3, 0.4) is 0 Å². The van der Waals surface area contributed by atoms with Crippen LogP contribution in [0.15, 0.2) is 18.3 Å². The van der Waals surface area contributed by atoms with Gasteiger partial charge in [0.05, 0.1) is 25.6 Å². The molecular formula is C10H16NO4P. The minimum atomic E-state index is -3.22. The maximum atomic E-state index is 12.3. The van der Waals surface area contributed by atoms with E-state index in [2.05, 4.69) is 4.98 Å². The summed E-state index contributed by atoms with van der Waals surface area (Å²) in [6.07, 6.45) is 1.45. The van der Waals surface area contributed by atoms with Gasteiger partial charge in [-0.25, -0.2) is 4.98 Å². The molecule has 0 bridgehead atoms. The number of nitrogens with zero attached hydrogens (tertiary/aromatic N) is 1. The predicted molar refractivity (Wildman–Crippen MR) is 61.3 cm³/mol. The highest BCUT2D eigenvalue weighted by Crippen LogP contribution is 2.46. The monoisotopic (exact) mass is 245 g/mol. The van der Waals surface area contributed by atoms with Gasteiger partial charge in [0, 0.05) is 12.3 Å². The Hall–Kier alpha value is -0.900. The van der Waals surface area contributed by atoms with Crippen LogP contribution in [0, 0.1) is 0 Å². The van der Waals surface area contributed by atoms with Gasteiger partial charge in [0.1, 0.15) is 0 Å². The molecule has 1 heterocycles. The van der Waals surface area contributed by atoms with Crippen LogP contribution < -0.4 is 10.0 Å². The fourth-order valence-electron chi connectivity index (χ4n) is 1.18. The third-order valence-corrected chi connectivity index (χ3v) is 3.94. The summed E-state index contributed by atoms with van der Waals surface area (Å²) in [6, 6.07) is 3.26. The molecule has 0 radical (unpaired) electrons. The number of hydrogen-bond acceptors (Lipinski definition) is 5. The molecule has 0 atom stereocenters. The molecular weight excluding hydrogens is 229 g/mol. The maximum absolute atomic E-state index is 12.3. The standard InChI is InChI=1S/C10H16NO4P/c1-4-14-16(12,15-5-2)9-6-7-10(13-3)11-8-9/h6-8H,4-5H2,1-3H3. The zero-order valence-electron chi connectivity index (χ0n) is 9.67. The van der Waals surface area contributed by atoms with E-state index in [1.807, 2.05) is 0 Å². The van der Waals surface area contributed by atoms with E-state index < -0.39 is 7.60 Å². The summed E-state index contributed by atoms with van der Waals surface area (Å²) in [5, 5.41) is 0.442. The molecule has 0 unspecified atom stereocenters. The van der Waals surface area contributed by atoms with E-state index in [0.717, 1.165) is 0 Å². The molecule has 0 fully saturated rings. The molecule has 0 N–H and O–H groups in total. The highest BCUT2D eigenvalue weighted by atomic mass is 31.2. The number of ether oxygens (including phenoxy) is 1. The Balaban J connectivity index is 2.96. The van der Waals surface area contributed by atoms with Crippen LogP contribution in [0.1, 0.15) is 13.8 Å². The molecule has 90 valence electrons. The molecule has 0 aromatic carbocycles. The first-order chi connectivity index (χ1) is 7.66. The zero-order chi connectivity index (χ0) is 12.0. The lowest BCUT2D eigenvalue weighted by Crippen LogP contribution is -2.11. The first-order valence-electron chi connectivity index (χ1n) is 5.06. The quantitative estimate of drug-likeness (QED) is 0.717. The van der Waals surface area contributed by atoms with Crippen molar-refractivity contribution >= 4 is 12.9 Å². The number of rotatable bonds is 6. The van der Waals surface area contributed by atoms with Crippen LogP contribution in [0.2, 0.25) is 0 Å². The van der Waals surface area contributed by atoms with Gasteiger partial charge in [-0.05, 0) is 19.9 Å². The molecule has 0 aliphatic rings. The minimum Gasteiger partial charge on any atom is -0.481 e. The Morgan fingerprint density at radius 3 is 2.25 bits per heavy atom. The minimum absolute atomic E-state index is 0.323. The van der Waals surface area contributed by atoms with Gasteiger partial charge in [-0.1, -0.05) is 0 Å². The summed E-state index contributed by atoms with van der Waals surface area (Å²) in [4.78, 5) is 3.97. The molecule has 6 heteroatoms. The van der Waals surface area contributed by atoms with Crippen LogP contribution in [0.25, 0.3) is 0 Å². The van der Waals surface area contributed by atoms with E-state index in [1.165, 1.54) is 13.3 Å². The van der Waals surface area contributed by atoms with Gasteiger partial charge < -0.3 is 13.8 Å². The van der Waals surface area contributed by atoms with Gasteiger partial charge in [-0.15, -0.1) is 0 Å². The van der Waals surface area contributed by atoms with Gasteiger partial charge in [0.15, 0.2) is 0 Å². The van der Waals surface area contributed by atoms with Crippen molar-refractivity contribution in [3.63, 3.8) is 0 Å². The second kappa shape index (κ2) is 5.99. The van der Waals surface area contributed by atoms with Crippen LogP contribution in [0.4, 0.5) is 0 Å². The lowest BCUT2D eigenvalue weighted by atomic mass is 10.5. The van der Waals surface area contributed by atoms with E-state index in [4.69, 9.17) is 13.8 Å². The number of methoxy groups -OCH3 is 1. The number of pyridine rings is 1. The van der Waals surface area contributed by atoms with Crippen molar-refractivity contribution < 1.29 is 18.3 Å². The van der Waals surface area contributed by atoms with Crippen molar-refractivity contribution in [2.75, 3.05) is 20.3 Å². The van der Waals surface area contributed by atoms with Crippen molar-refractivity contribution in [1.82, 2.24) is 4.98 Å². The summed E-state index contributed by atoms with van der Waals surface area (Å²) >= 11 is 0. The second-order valence-electron chi connectivity index (χ2n) is 2.89. The van der Waals surface area contributed by atoms with E-state index >= 15 is 0 Å². The average Bonchev–Trinajstić information content (AvgIpc) is 2.30. The smallest absolute Gasteiger partial charge is 0.362 e. The van der Waals surface area contributed by atoms with E-state index in [9.17, 15) is 4.57 Å². The van der Waals surface area contributed by atoms with Gasteiger partial charge in [-0.3, -0.25) is 4.57 Å². The fourth-order valence-corrected chi connectivity index (χ4v) is 2.69. The molecule has 0 spiro atoms. The molecule has 16 heavy (non-hydrogen) atoms. The lowest BCUT2D eigenvalue weighted by molar-refractivity contribution is 0.230. The average molecular weight is 245 g/mol. The second-order valence-corrected chi connectivity index (χ2v) is 4.92. The molecule has 1 aromatic rings. The Morgan fingerprint density at radius 1 is 1.25 bits per heavy atom. The Labute approximate surface area is 95.3 Å². The molecule has 0 saturated heterocycles.